The van der Waals surface area contributed by atoms with Crippen LogP contribution in [-0.2, 0) is 14.3 Å². The molecule has 5 heteroatoms. The van der Waals surface area contributed by atoms with Gasteiger partial charge in [0, 0.05) is 12.8 Å². The first-order valence-corrected chi connectivity index (χ1v) is 9.66. The van der Waals surface area contributed by atoms with Crippen molar-refractivity contribution < 1.29 is 23.8 Å². The first-order valence-electron chi connectivity index (χ1n) is 9.66. The number of benzene rings is 1. The monoisotopic (exact) mass is 364 g/mol. The third-order valence-electron chi connectivity index (χ3n) is 4.07. The van der Waals surface area contributed by atoms with E-state index < -0.39 is 0 Å². The van der Waals surface area contributed by atoms with E-state index in [0.29, 0.717) is 24.5 Å². The number of methoxy groups -OCH3 is 1. The lowest BCUT2D eigenvalue weighted by molar-refractivity contribution is -0.144. The lowest BCUT2D eigenvalue weighted by Crippen LogP contribution is -2.11. The second kappa shape index (κ2) is 14.2. The van der Waals surface area contributed by atoms with Crippen molar-refractivity contribution in [3.05, 3.63) is 24.3 Å². The maximum absolute atomic E-state index is 11.8. The smallest absolute Gasteiger partial charge is 0.311 e. The van der Waals surface area contributed by atoms with E-state index in [4.69, 9.17) is 14.2 Å². The molecule has 1 aromatic carbocycles. The maximum atomic E-state index is 11.8. The summed E-state index contributed by atoms with van der Waals surface area (Å²) in [6, 6.07) is 6.97. The average Bonchev–Trinajstić information content (AvgIpc) is 2.64. The zero-order chi connectivity index (χ0) is 19.0. The summed E-state index contributed by atoms with van der Waals surface area (Å²) in [5.41, 5.74) is 0. The minimum absolute atomic E-state index is 0.171. The summed E-state index contributed by atoms with van der Waals surface area (Å²) in [5, 5.41) is 0. The number of hydrogen-bond donors (Lipinski definition) is 0. The van der Waals surface area contributed by atoms with Crippen LogP contribution in [-0.4, -0.2) is 25.7 Å². The lowest BCUT2D eigenvalue weighted by Gasteiger charge is -2.08. The van der Waals surface area contributed by atoms with Crippen LogP contribution in [0.1, 0.15) is 71.1 Å². The van der Waals surface area contributed by atoms with Gasteiger partial charge in [-0.25, -0.2) is 0 Å². The van der Waals surface area contributed by atoms with E-state index in [1.54, 1.807) is 24.3 Å². The van der Waals surface area contributed by atoms with Crippen molar-refractivity contribution in [1.82, 2.24) is 0 Å². The quantitative estimate of drug-likeness (QED) is 0.262. The Morgan fingerprint density at radius 2 is 1.42 bits per heavy atom. The van der Waals surface area contributed by atoms with Gasteiger partial charge in [-0.1, -0.05) is 57.6 Å². The van der Waals surface area contributed by atoms with Crippen molar-refractivity contribution in [2.75, 3.05) is 13.7 Å². The molecule has 0 aliphatic heterocycles. The molecule has 0 radical (unpaired) electrons. The number of carbonyl (C=O) groups excluding carboxylic acids is 2. The van der Waals surface area contributed by atoms with Gasteiger partial charge in [0.1, 0.15) is 0 Å². The predicted molar refractivity (Wildman–Crippen MR) is 101 cm³/mol. The molecule has 0 aromatic heterocycles. The van der Waals surface area contributed by atoms with Crippen LogP contribution >= 0.6 is 0 Å². The number of carbonyl (C=O) groups is 2. The van der Waals surface area contributed by atoms with Gasteiger partial charge in [-0.3, -0.25) is 9.59 Å². The number of ether oxygens (including phenoxy) is 3. The summed E-state index contributed by atoms with van der Waals surface area (Å²) in [4.78, 5) is 23.5. The third-order valence-corrected chi connectivity index (χ3v) is 4.07. The molecule has 0 heterocycles. The fraction of sp³-hybridized carbons (Fsp3) is 0.619. The SMILES string of the molecule is CCCCCCCCCOC(=O)CCCC(=O)Oc1ccccc1OC. The topological polar surface area (TPSA) is 61.8 Å². The Morgan fingerprint density at radius 3 is 2.12 bits per heavy atom. The molecular formula is C21H32O5. The largest absolute Gasteiger partial charge is 0.493 e. The van der Waals surface area contributed by atoms with Crippen LogP contribution in [0.15, 0.2) is 24.3 Å². The van der Waals surface area contributed by atoms with Gasteiger partial charge in [-0.2, -0.15) is 0 Å². The van der Waals surface area contributed by atoms with Gasteiger partial charge in [0.15, 0.2) is 11.5 Å². The normalized spacial score (nSPS) is 10.4. The fourth-order valence-electron chi connectivity index (χ4n) is 2.57. The van der Waals surface area contributed by atoms with Gasteiger partial charge in [0.25, 0.3) is 0 Å². The molecule has 0 saturated carbocycles. The number of hydrogen-bond acceptors (Lipinski definition) is 5. The Morgan fingerprint density at radius 1 is 0.808 bits per heavy atom. The Hall–Kier alpha value is -2.04. The molecule has 146 valence electrons. The van der Waals surface area contributed by atoms with Crippen LogP contribution in [0.3, 0.4) is 0 Å². The van der Waals surface area contributed by atoms with Gasteiger partial charge < -0.3 is 14.2 Å². The molecule has 1 aromatic rings. The maximum Gasteiger partial charge on any atom is 0.311 e. The highest BCUT2D eigenvalue weighted by molar-refractivity contribution is 5.74. The Bertz CT molecular complexity index is 527. The Kier molecular flexibility index (Phi) is 12.0. The van der Waals surface area contributed by atoms with Gasteiger partial charge in [0.05, 0.1) is 13.7 Å². The Balaban J connectivity index is 2.06. The van der Waals surface area contributed by atoms with Crippen molar-refractivity contribution in [3.63, 3.8) is 0 Å². The van der Waals surface area contributed by atoms with Crippen molar-refractivity contribution in [1.29, 1.82) is 0 Å². The molecule has 0 amide bonds. The molecular weight excluding hydrogens is 332 g/mol. The van der Waals surface area contributed by atoms with E-state index in [-0.39, 0.29) is 24.8 Å². The second-order valence-corrected chi connectivity index (χ2v) is 6.32. The van der Waals surface area contributed by atoms with E-state index in [9.17, 15) is 9.59 Å². The predicted octanol–water partition coefficient (Wildman–Crippen LogP) is 5.06. The highest BCUT2D eigenvalue weighted by atomic mass is 16.6. The summed E-state index contributed by atoms with van der Waals surface area (Å²) in [6.07, 6.45) is 9.14. The van der Waals surface area contributed by atoms with E-state index in [1.165, 1.54) is 39.2 Å². The van der Waals surface area contributed by atoms with Crippen LogP contribution in [0.4, 0.5) is 0 Å². The van der Waals surface area contributed by atoms with Crippen LogP contribution in [0.2, 0.25) is 0 Å². The molecule has 0 unspecified atom stereocenters. The first-order chi connectivity index (χ1) is 12.7. The molecule has 0 aliphatic rings. The van der Waals surface area contributed by atoms with E-state index >= 15 is 0 Å². The van der Waals surface area contributed by atoms with Gasteiger partial charge in [0.2, 0.25) is 0 Å². The van der Waals surface area contributed by atoms with Crippen molar-refractivity contribution in [2.24, 2.45) is 0 Å². The van der Waals surface area contributed by atoms with Crippen molar-refractivity contribution in [3.8, 4) is 11.5 Å². The molecule has 0 aliphatic carbocycles. The van der Waals surface area contributed by atoms with Crippen molar-refractivity contribution >= 4 is 11.9 Å². The molecule has 0 spiro atoms. The lowest BCUT2D eigenvalue weighted by atomic mass is 10.1. The fourth-order valence-corrected chi connectivity index (χ4v) is 2.57. The summed E-state index contributed by atoms with van der Waals surface area (Å²) < 4.78 is 15.6. The molecule has 0 atom stereocenters. The molecule has 0 saturated heterocycles. The van der Waals surface area contributed by atoms with Crippen LogP contribution in [0.5, 0.6) is 11.5 Å². The number of esters is 2. The zero-order valence-electron chi connectivity index (χ0n) is 16.1. The standard InChI is InChI=1S/C21H32O5/c1-3-4-5-6-7-8-11-17-25-20(22)15-12-16-21(23)26-19-14-10-9-13-18(19)24-2/h9-10,13-14H,3-8,11-12,15-17H2,1-2H3. The molecule has 0 bridgehead atoms. The molecule has 0 N–H and O–H groups in total. The molecule has 5 nitrogen and oxygen atoms in total. The number of rotatable bonds is 14. The first kappa shape index (κ1) is 22.0. The summed E-state index contributed by atoms with van der Waals surface area (Å²) in [6.45, 7) is 2.68. The highest BCUT2D eigenvalue weighted by Gasteiger charge is 2.11. The second-order valence-electron chi connectivity index (χ2n) is 6.32. The summed E-state index contributed by atoms with van der Waals surface area (Å²) >= 11 is 0. The van der Waals surface area contributed by atoms with Gasteiger partial charge in [-0.05, 0) is 25.0 Å². The van der Waals surface area contributed by atoms with E-state index in [0.717, 1.165) is 12.8 Å². The minimum Gasteiger partial charge on any atom is -0.493 e. The third kappa shape index (κ3) is 10.1. The van der Waals surface area contributed by atoms with Crippen molar-refractivity contribution in [2.45, 2.75) is 71.1 Å². The van der Waals surface area contributed by atoms with Crippen LogP contribution in [0.25, 0.3) is 0 Å². The van der Waals surface area contributed by atoms with E-state index in [2.05, 4.69) is 6.92 Å². The molecule has 26 heavy (non-hydrogen) atoms. The van der Waals surface area contributed by atoms with Crippen LogP contribution in [0, 0.1) is 0 Å². The minimum atomic E-state index is -0.380. The van der Waals surface area contributed by atoms with Gasteiger partial charge in [-0.15, -0.1) is 0 Å². The zero-order valence-corrected chi connectivity index (χ0v) is 16.1. The molecule has 0 fully saturated rings. The summed E-state index contributed by atoms with van der Waals surface area (Å²) in [7, 11) is 1.52. The average molecular weight is 364 g/mol. The van der Waals surface area contributed by atoms with Crippen LogP contribution < -0.4 is 9.47 Å². The highest BCUT2D eigenvalue weighted by Crippen LogP contribution is 2.26. The van der Waals surface area contributed by atoms with Gasteiger partial charge >= 0.3 is 11.9 Å². The molecule has 1 rings (SSSR count). The summed E-state index contributed by atoms with van der Waals surface area (Å²) in [5.74, 6) is 0.270. The van der Waals surface area contributed by atoms with E-state index in [1.807, 2.05) is 0 Å². The number of unbranched alkanes of at least 4 members (excludes halogenated alkanes) is 6. The Labute approximate surface area is 157 Å². The number of para-hydroxylation sites is 2.